The molecular weight excluding hydrogens is 330 g/mol. The Bertz CT molecular complexity index is 966. The van der Waals surface area contributed by atoms with Crippen molar-refractivity contribution in [1.29, 1.82) is 0 Å². The van der Waals surface area contributed by atoms with Crippen LogP contribution >= 0.6 is 0 Å². The summed E-state index contributed by atoms with van der Waals surface area (Å²) in [6.07, 6.45) is 5.02. The van der Waals surface area contributed by atoms with Gasteiger partial charge in [0.15, 0.2) is 5.82 Å². The molecule has 1 N–H and O–H groups in total. The largest absolute Gasteiger partial charge is 0.274 e. The minimum atomic E-state index is -3.99. The van der Waals surface area contributed by atoms with Crippen LogP contribution in [0.5, 0.6) is 0 Å². The zero-order valence-electron chi connectivity index (χ0n) is 12.6. The molecule has 0 bridgehead atoms. The maximum atomic E-state index is 12.1. The molecule has 3 rings (SSSR count). The van der Waals surface area contributed by atoms with Crippen LogP contribution in [0.15, 0.2) is 60.0 Å². The van der Waals surface area contributed by atoms with Gasteiger partial charge in [-0.1, -0.05) is 30.3 Å². The summed E-state index contributed by atoms with van der Waals surface area (Å²) in [4.78, 5) is 20.2. The number of hydrogen-bond donors (Lipinski definition) is 1. The van der Waals surface area contributed by atoms with Gasteiger partial charge in [-0.15, -0.1) is 0 Å². The van der Waals surface area contributed by atoms with E-state index in [-0.39, 0.29) is 10.5 Å². The third-order valence-corrected chi connectivity index (χ3v) is 4.45. The molecule has 0 radical (unpaired) electrons. The van der Waals surface area contributed by atoms with Crippen LogP contribution in [0.1, 0.15) is 10.4 Å². The molecule has 0 unspecified atom stereocenters. The Morgan fingerprint density at radius 3 is 2.33 bits per heavy atom. The number of sulfonamides is 1. The van der Waals surface area contributed by atoms with E-state index in [0.29, 0.717) is 5.82 Å². The maximum absolute atomic E-state index is 12.1. The summed E-state index contributed by atoms with van der Waals surface area (Å²) in [6, 6.07) is 9.23. The molecule has 1 amide bonds. The molecule has 1 aromatic carbocycles. The second-order valence-electron chi connectivity index (χ2n) is 4.95. The van der Waals surface area contributed by atoms with Crippen molar-refractivity contribution in [3.8, 4) is 11.4 Å². The second-order valence-corrected chi connectivity index (χ2v) is 6.63. The Balaban J connectivity index is 1.78. The predicted molar refractivity (Wildman–Crippen MR) is 85.3 cm³/mol. The van der Waals surface area contributed by atoms with Gasteiger partial charge in [0.2, 0.25) is 0 Å². The van der Waals surface area contributed by atoms with Crippen molar-refractivity contribution in [2.24, 2.45) is 7.05 Å². The Morgan fingerprint density at radius 2 is 1.75 bits per heavy atom. The minimum Gasteiger partial charge on any atom is -0.274 e. The molecule has 8 nitrogen and oxygen atoms in total. The van der Waals surface area contributed by atoms with E-state index in [9.17, 15) is 13.2 Å². The molecule has 0 aliphatic rings. The second kappa shape index (κ2) is 6.20. The first-order valence-corrected chi connectivity index (χ1v) is 8.37. The molecule has 0 aliphatic carbocycles. The number of nitrogens with zero attached hydrogens (tertiary/aromatic N) is 4. The van der Waals surface area contributed by atoms with Gasteiger partial charge in [-0.3, -0.25) is 9.48 Å². The lowest BCUT2D eigenvalue weighted by molar-refractivity contribution is 0.0980. The smallest absolute Gasteiger partial charge is 0.268 e. The molecule has 2 heterocycles. The van der Waals surface area contributed by atoms with Crippen LogP contribution in [-0.2, 0) is 17.1 Å². The number of carbonyl (C=O) groups is 1. The molecule has 3 aromatic rings. The topological polar surface area (TPSA) is 107 Å². The first kappa shape index (κ1) is 15.8. The highest BCUT2D eigenvalue weighted by Crippen LogP contribution is 2.13. The third kappa shape index (κ3) is 3.30. The Hall–Kier alpha value is -3.07. The molecule has 9 heteroatoms. The maximum Gasteiger partial charge on any atom is 0.268 e. The number of carbonyl (C=O) groups excluding carboxylic acids is 1. The highest BCUT2D eigenvalue weighted by atomic mass is 32.2. The van der Waals surface area contributed by atoms with Gasteiger partial charge in [0.25, 0.3) is 15.9 Å². The lowest BCUT2D eigenvalue weighted by Crippen LogP contribution is -2.30. The highest BCUT2D eigenvalue weighted by molar-refractivity contribution is 7.90. The number of aryl methyl sites for hydroxylation is 1. The monoisotopic (exact) mass is 343 g/mol. The number of rotatable bonds is 4. The van der Waals surface area contributed by atoms with E-state index in [1.807, 2.05) is 35.1 Å². The summed E-state index contributed by atoms with van der Waals surface area (Å²) < 4.78 is 27.5. The van der Waals surface area contributed by atoms with Crippen molar-refractivity contribution in [3.05, 3.63) is 60.7 Å². The third-order valence-electron chi connectivity index (χ3n) is 3.16. The predicted octanol–water partition coefficient (Wildman–Crippen LogP) is 0.996. The van der Waals surface area contributed by atoms with Crippen LogP contribution in [0.2, 0.25) is 0 Å². The summed E-state index contributed by atoms with van der Waals surface area (Å²) in [5, 5.41) is 3.77. The van der Waals surface area contributed by atoms with Crippen LogP contribution in [0, 0.1) is 0 Å². The zero-order valence-corrected chi connectivity index (χ0v) is 13.4. The van der Waals surface area contributed by atoms with Crippen LogP contribution in [-0.4, -0.2) is 34.1 Å². The number of aromatic nitrogens is 4. The van der Waals surface area contributed by atoms with Gasteiger partial charge in [-0.05, 0) is 0 Å². The SMILES string of the molecule is Cn1cc(S(=O)(=O)NC(=O)c2cnc(-c3ccccc3)nc2)cn1. The van der Waals surface area contributed by atoms with Gasteiger partial charge < -0.3 is 0 Å². The fourth-order valence-corrected chi connectivity index (χ4v) is 2.92. The van der Waals surface area contributed by atoms with Crippen molar-refractivity contribution in [1.82, 2.24) is 24.5 Å². The van der Waals surface area contributed by atoms with E-state index in [1.54, 1.807) is 7.05 Å². The molecule has 0 saturated heterocycles. The average molecular weight is 343 g/mol. The van der Waals surface area contributed by atoms with E-state index >= 15 is 0 Å². The van der Waals surface area contributed by atoms with E-state index < -0.39 is 15.9 Å². The summed E-state index contributed by atoms with van der Waals surface area (Å²) in [7, 11) is -2.41. The Labute approximate surface area is 138 Å². The molecule has 0 atom stereocenters. The molecule has 0 fully saturated rings. The van der Waals surface area contributed by atoms with Crippen LogP contribution in [0.25, 0.3) is 11.4 Å². The van der Waals surface area contributed by atoms with E-state index in [0.717, 1.165) is 11.8 Å². The Morgan fingerprint density at radius 1 is 1.08 bits per heavy atom. The van der Waals surface area contributed by atoms with Gasteiger partial charge in [-0.25, -0.2) is 23.1 Å². The van der Waals surface area contributed by atoms with Crippen LogP contribution in [0.4, 0.5) is 0 Å². The summed E-state index contributed by atoms with van der Waals surface area (Å²) in [5.74, 6) is -0.360. The summed E-state index contributed by atoms with van der Waals surface area (Å²) >= 11 is 0. The Kier molecular flexibility index (Phi) is 4.09. The van der Waals surface area contributed by atoms with E-state index in [2.05, 4.69) is 15.1 Å². The fourth-order valence-electron chi connectivity index (χ4n) is 1.96. The number of amides is 1. The van der Waals surface area contributed by atoms with Gasteiger partial charge >= 0.3 is 0 Å². The number of benzene rings is 1. The standard InChI is InChI=1S/C15H13N5O3S/c1-20-10-13(9-18-20)24(22,23)19-15(21)12-7-16-14(17-8-12)11-5-3-2-4-6-11/h2-10H,1H3,(H,19,21). The van der Waals surface area contributed by atoms with Gasteiger partial charge in [0, 0.05) is 31.2 Å². The van der Waals surface area contributed by atoms with Crippen molar-refractivity contribution >= 4 is 15.9 Å². The molecule has 0 aliphatic heterocycles. The average Bonchev–Trinajstić information content (AvgIpc) is 3.03. The number of hydrogen-bond acceptors (Lipinski definition) is 6. The van der Waals surface area contributed by atoms with Crippen molar-refractivity contribution in [3.63, 3.8) is 0 Å². The summed E-state index contributed by atoms with van der Waals surface area (Å²) in [5.41, 5.74) is 0.842. The quantitative estimate of drug-likeness (QED) is 0.757. The van der Waals surface area contributed by atoms with Crippen LogP contribution in [0.3, 0.4) is 0 Å². The lowest BCUT2D eigenvalue weighted by Gasteiger charge is -2.05. The van der Waals surface area contributed by atoms with Crippen LogP contribution < -0.4 is 4.72 Å². The van der Waals surface area contributed by atoms with E-state index in [4.69, 9.17) is 0 Å². The van der Waals surface area contributed by atoms with Crippen molar-refractivity contribution in [2.75, 3.05) is 0 Å². The molecular formula is C15H13N5O3S. The zero-order chi connectivity index (χ0) is 17.2. The van der Waals surface area contributed by atoms with E-state index in [1.165, 1.54) is 23.3 Å². The normalized spacial score (nSPS) is 11.2. The summed E-state index contributed by atoms with van der Waals surface area (Å²) in [6.45, 7) is 0. The first-order valence-electron chi connectivity index (χ1n) is 6.89. The van der Waals surface area contributed by atoms with Gasteiger partial charge in [-0.2, -0.15) is 5.10 Å². The molecule has 24 heavy (non-hydrogen) atoms. The number of nitrogens with one attached hydrogen (secondary N) is 1. The minimum absolute atomic E-state index is 0.0437. The van der Waals surface area contributed by atoms with Gasteiger partial charge in [0.1, 0.15) is 4.90 Å². The molecule has 0 spiro atoms. The van der Waals surface area contributed by atoms with Crippen molar-refractivity contribution in [2.45, 2.75) is 4.90 Å². The lowest BCUT2D eigenvalue weighted by atomic mass is 10.2. The molecule has 122 valence electrons. The highest BCUT2D eigenvalue weighted by Gasteiger charge is 2.20. The molecule has 0 saturated carbocycles. The molecule has 2 aromatic heterocycles. The fraction of sp³-hybridized carbons (Fsp3) is 0.0667. The van der Waals surface area contributed by atoms with Crippen molar-refractivity contribution < 1.29 is 13.2 Å². The van der Waals surface area contributed by atoms with Gasteiger partial charge in [0.05, 0.1) is 11.8 Å². The first-order chi connectivity index (χ1) is 11.5.